The van der Waals surface area contributed by atoms with Crippen LogP contribution < -0.4 is 10.6 Å². The molecule has 8 heteroatoms. The second kappa shape index (κ2) is 12.4. The summed E-state index contributed by atoms with van der Waals surface area (Å²) in [4.78, 5) is 8.81. The first-order valence-electron chi connectivity index (χ1n) is 11.0. The number of aliphatic hydroxyl groups is 1. The lowest BCUT2D eigenvalue weighted by atomic mass is 9.72. The highest BCUT2D eigenvalue weighted by Crippen LogP contribution is 2.38. The number of aliphatic imine (C=N–C) groups is 1. The van der Waals surface area contributed by atoms with Gasteiger partial charge in [-0.25, -0.2) is 14.4 Å². The monoisotopic (exact) mass is 543 g/mol. The van der Waals surface area contributed by atoms with E-state index in [1.54, 1.807) is 23.0 Å². The molecule has 1 aliphatic rings. The number of halogens is 2. The van der Waals surface area contributed by atoms with E-state index in [2.05, 4.69) is 20.6 Å². The Morgan fingerprint density at radius 3 is 2.65 bits per heavy atom. The van der Waals surface area contributed by atoms with Gasteiger partial charge in [-0.05, 0) is 56.2 Å². The first kappa shape index (κ1) is 25.6. The molecule has 0 unspecified atom stereocenters. The molecule has 0 atom stereocenters. The molecule has 1 aliphatic carbocycles. The van der Waals surface area contributed by atoms with Gasteiger partial charge < -0.3 is 20.3 Å². The Bertz CT molecular complexity index is 843. The number of aryl methyl sites for hydroxylation is 1. The maximum atomic E-state index is 14.6. The van der Waals surface area contributed by atoms with Crippen molar-refractivity contribution in [3.8, 4) is 5.69 Å². The van der Waals surface area contributed by atoms with Gasteiger partial charge in [0.1, 0.15) is 11.6 Å². The van der Waals surface area contributed by atoms with Crippen LogP contribution in [-0.4, -0.2) is 40.3 Å². The molecule has 0 amide bonds. The quantitative estimate of drug-likeness (QED) is 0.264. The first-order valence-corrected chi connectivity index (χ1v) is 11.0. The number of rotatable bonds is 8. The molecule has 2 aromatic rings. The van der Waals surface area contributed by atoms with Crippen molar-refractivity contribution in [2.24, 2.45) is 10.4 Å². The number of nitrogens with one attached hydrogen (secondary N) is 2. The molecule has 0 bridgehead atoms. The van der Waals surface area contributed by atoms with Gasteiger partial charge in [-0.2, -0.15) is 0 Å². The van der Waals surface area contributed by atoms with Crippen LogP contribution in [0.4, 0.5) is 4.39 Å². The zero-order valence-corrected chi connectivity index (χ0v) is 20.9. The molecule has 1 aromatic heterocycles. The van der Waals surface area contributed by atoms with E-state index < -0.39 is 0 Å². The molecular formula is C23H35FIN5O. The average molecular weight is 543 g/mol. The molecule has 3 N–H and O–H groups in total. The van der Waals surface area contributed by atoms with Crippen molar-refractivity contribution in [3.05, 3.63) is 47.8 Å². The Labute approximate surface area is 201 Å². The Balaban J connectivity index is 0.00000341. The zero-order chi connectivity index (χ0) is 21.4. The summed E-state index contributed by atoms with van der Waals surface area (Å²) in [7, 11) is 0. The van der Waals surface area contributed by atoms with Crippen molar-refractivity contribution in [1.82, 2.24) is 20.2 Å². The highest BCUT2D eigenvalue weighted by atomic mass is 127. The van der Waals surface area contributed by atoms with Crippen molar-refractivity contribution in [2.45, 2.75) is 58.9 Å². The summed E-state index contributed by atoms with van der Waals surface area (Å²) in [6.07, 6.45) is 10.2. The molecule has 0 saturated heterocycles. The summed E-state index contributed by atoms with van der Waals surface area (Å²) in [5, 5.41) is 16.3. The van der Waals surface area contributed by atoms with E-state index in [1.165, 1.54) is 25.3 Å². The molecule has 172 valence electrons. The van der Waals surface area contributed by atoms with Gasteiger partial charge in [0, 0.05) is 32.1 Å². The molecule has 3 rings (SSSR count). The SMILES string of the molecule is CCNC(=NCc1ccc(-n2ccnc2C)c(F)c1)NCC1(CCO)CCCCC1.I. The van der Waals surface area contributed by atoms with Gasteiger partial charge in [-0.1, -0.05) is 25.3 Å². The van der Waals surface area contributed by atoms with E-state index in [1.807, 2.05) is 19.9 Å². The lowest BCUT2D eigenvalue weighted by Crippen LogP contribution is -2.44. The summed E-state index contributed by atoms with van der Waals surface area (Å²) >= 11 is 0. The maximum Gasteiger partial charge on any atom is 0.191 e. The number of aliphatic hydroxyl groups excluding tert-OH is 1. The molecule has 1 saturated carbocycles. The van der Waals surface area contributed by atoms with Crippen LogP contribution in [0.25, 0.3) is 5.69 Å². The van der Waals surface area contributed by atoms with E-state index in [0.29, 0.717) is 12.2 Å². The third-order valence-electron chi connectivity index (χ3n) is 6.05. The van der Waals surface area contributed by atoms with Gasteiger partial charge in [0.05, 0.1) is 12.2 Å². The lowest BCUT2D eigenvalue weighted by molar-refractivity contribution is 0.131. The minimum Gasteiger partial charge on any atom is -0.396 e. The fraction of sp³-hybridized carbons (Fsp3) is 0.565. The highest BCUT2D eigenvalue weighted by molar-refractivity contribution is 14.0. The second-order valence-corrected chi connectivity index (χ2v) is 8.21. The summed E-state index contributed by atoms with van der Waals surface area (Å²) in [6.45, 7) is 6.05. The van der Waals surface area contributed by atoms with Gasteiger partial charge in [0.15, 0.2) is 5.96 Å². The molecule has 0 spiro atoms. The molecule has 1 heterocycles. The lowest BCUT2D eigenvalue weighted by Gasteiger charge is -2.37. The average Bonchev–Trinajstić information content (AvgIpc) is 3.17. The third-order valence-corrected chi connectivity index (χ3v) is 6.05. The van der Waals surface area contributed by atoms with E-state index >= 15 is 0 Å². The second-order valence-electron chi connectivity index (χ2n) is 8.21. The first-order chi connectivity index (χ1) is 14.6. The standard InChI is InChI=1S/C23H34FN5O.HI/c1-3-25-22(28-17-23(11-14-30)9-5-4-6-10-23)27-16-19-7-8-21(20(24)15-19)29-13-12-26-18(29)2;/h7-8,12-13,15,30H,3-6,9-11,14,16-17H2,1-2H3,(H2,25,27,28);1H. The number of nitrogens with zero attached hydrogens (tertiary/aromatic N) is 3. The smallest absolute Gasteiger partial charge is 0.191 e. The normalized spacial score (nSPS) is 15.9. The Morgan fingerprint density at radius 1 is 1.26 bits per heavy atom. The van der Waals surface area contributed by atoms with Crippen LogP contribution >= 0.6 is 24.0 Å². The summed E-state index contributed by atoms with van der Waals surface area (Å²) in [5.74, 6) is 1.19. The van der Waals surface area contributed by atoms with Crippen LogP contribution in [0.2, 0.25) is 0 Å². The van der Waals surface area contributed by atoms with Crippen molar-refractivity contribution < 1.29 is 9.50 Å². The number of imidazole rings is 1. The Hall–Kier alpha value is -1.68. The van der Waals surface area contributed by atoms with Crippen LogP contribution in [0, 0.1) is 18.2 Å². The van der Waals surface area contributed by atoms with Gasteiger partial charge in [-0.3, -0.25) is 0 Å². The van der Waals surface area contributed by atoms with E-state index in [-0.39, 0.29) is 41.8 Å². The van der Waals surface area contributed by atoms with Crippen LogP contribution in [0.3, 0.4) is 0 Å². The van der Waals surface area contributed by atoms with Crippen molar-refractivity contribution in [3.63, 3.8) is 0 Å². The van der Waals surface area contributed by atoms with Crippen LogP contribution in [-0.2, 0) is 6.54 Å². The molecule has 0 radical (unpaired) electrons. The van der Waals surface area contributed by atoms with Gasteiger partial charge in [0.2, 0.25) is 0 Å². The van der Waals surface area contributed by atoms with Crippen molar-refractivity contribution in [1.29, 1.82) is 0 Å². The van der Waals surface area contributed by atoms with Crippen LogP contribution in [0.1, 0.15) is 56.8 Å². The summed E-state index contributed by atoms with van der Waals surface area (Å²) in [6, 6.07) is 5.21. The highest BCUT2D eigenvalue weighted by Gasteiger charge is 2.31. The number of hydrogen-bond acceptors (Lipinski definition) is 3. The minimum absolute atomic E-state index is 0. The molecule has 6 nitrogen and oxygen atoms in total. The van der Waals surface area contributed by atoms with Crippen molar-refractivity contribution in [2.75, 3.05) is 19.7 Å². The van der Waals surface area contributed by atoms with Gasteiger partial charge >= 0.3 is 0 Å². The number of guanidine groups is 1. The summed E-state index contributed by atoms with van der Waals surface area (Å²) < 4.78 is 16.4. The molecule has 1 fully saturated rings. The molecule has 31 heavy (non-hydrogen) atoms. The predicted molar refractivity (Wildman–Crippen MR) is 134 cm³/mol. The minimum atomic E-state index is -0.286. The third kappa shape index (κ3) is 6.90. The van der Waals surface area contributed by atoms with Gasteiger partial charge in [-0.15, -0.1) is 24.0 Å². The number of aromatic nitrogens is 2. The predicted octanol–water partition coefficient (Wildman–Crippen LogP) is 4.33. The molecule has 0 aliphatic heterocycles. The van der Waals surface area contributed by atoms with Crippen molar-refractivity contribution >= 4 is 29.9 Å². The van der Waals surface area contributed by atoms with E-state index in [9.17, 15) is 9.50 Å². The topological polar surface area (TPSA) is 74.5 Å². The Kier molecular flexibility index (Phi) is 10.2. The number of hydrogen-bond donors (Lipinski definition) is 3. The van der Waals surface area contributed by atoms with Crippen LogP contribution in [0.5, 0.6) is 0 Å². The maximum absolute atomic E-state index is 14.6. The molecular weight excluding hydrogens is 508 g/mol. The van der Waals surface area contributed by atoms with E-state index in [4.69, 9.17) is 0 Å². The fourth-order valence-corrected chi connectivity index (χ4v) is 4.31. The zero-order valence-electron chi connectivity index (χ0n) is 18.5. The fourth-order valence-electron chi connectivity index (χ4n) is 4.31. The van der Waals surface area contributed by atoms with E-state index in [0.717, 1.165) is 49.7 Å². The summed E-state index contributed by atoms with van der Waals surface area (Å²) in [5.41, 5.74) is 1.44. The number of benzene rings is 1. The van der Waals surface area contributed by atoms with Gasteiger partial charge in [0.25, 0.3) is 0 Å². The molecule has 1 aromatic carbocycles. The van der Waals surface area contributed by atoms with Crippen LogP contribution in [0.15, 0.2) is 35.6 Å². The Morgan fingerprint density at radius 2 is 2.03 bits per heavy atom. The largest absolute Gasteiger partial charge is 0.396 e.